The maximum absolute atomic E-state index is 11.1. The van der Waals surface area contributed by atoms with Crippen LogP contribution in [0.2, 0.25) is 0 Å². The fourth-order valence-electron chi connectivity index (χ4n) is 1.48. The minimum Gasteiger partial charge on any atom is -0.478 e. The number of hydrogen-bond donors (Lipinski definition) is 1. The molecule has 5 heteroatoms. The highest BCUT2D eigenvalue weighted by Gasteiger charge is 2.17. The maximum Gasteiger partial charge on any atom is 0.336 e. The first kappa shape index (κ1) is 12.6. The van der Waals surface area contributed by atoms with Crippen molar-refractivity contribution in [3.05, 3.63) is 23.3 Å². The molecule has 1 aromatic rings. The van der Waals surface area contributed by atoms with Gasteiger partial charge in [-0.15, -0.1) is 11.8 Å². The highest BCUT2D eigenvalue weighted by atomic mass is 32.2. The molecular weight excluding hydrogens is 226 g/mol. The summed E-state index contributed by atoms with van der Waals surface area (Å²) in [5.74, 6) is -1.02. The van der Waals surface area contributed by atoms with Crippen molar-refractivity contribution >= 4 is 29.7 Å². The molecule has 0 radical (unpaired) electrons. The Morgan fingerprint density at radius 2 is 2.06 bits per heavy atom. The quantitative estimate of drug-likeness (QED) is 0.643. The molecular formula is C11H13NO3S. The van der Waals surface area contributed by atoms with Gasteiger partial charge in [0.25, 0.3) is 0 Å². The zero-order valence-corrected chi connectivity index (χ0v) is 10.2. The van der Waals surface area contributed by atoms with E-state index in [-0.39, 0.29) is 5.56 Å². The van der Waals surface area contributed by atoms with Crippen molar-refractivity contribution in [2.75, 3.05) is 25.3 Å². The molecule has 0 aliphatic carbocycles. The van der Waals surface area contributed by atoms with E-state index < -0.39 is 5.97 Å². The van der Waals surface area contributed by atoms with E-state index in [1.807, 2.05) is 14.1 Å². The van der Waals surface area contributed by atoms with Crippen LogP contribution in [0.15, 0.2) is 17.0 Å². The van der Waals surface area contributed by atoms with Gasteiger partial charge in [0.1, 0.15) is 0 Å². The van der Waals surface area contributed by atoms with Gasteiger partial charge in [-0.1, -0.05) is 0 Å². The molecule has 1 N–H and O–H groups in total. The predicted molar refractivity (Wildman–Crippen MR) is 64.9 cm³/mol. The Balaban J connectivity index is 3.52. The average molecular weight is 239 g/mol. The van der Waals surface area contributed by atoms with E-state index in [9.17, 15) is 9.59 Å². The third-order valence-corrected chi connectivity index (χ3v) is 3.06. The fraction of sp³-hybridized carbons (Fsp3) is 0.273. The first-order chi connectivity index (χ1) is 7.52. The Bertz CT molecular complexity index is 429. The number of carbonyl (C=O) groups excluding carboxylic acids is 1. The minimum atomic E-state index is -1.02. The van der Waals surface area contributed by atoms with Crippen LogP contribution in [0.5, 0.6) is 0 Å². The van der Waals surface area contributed by atoms with Crippen molar-refractivity contribution in [1.29, 1.82) is 0 Å². The number of benzene rings is 1. The highest BCUT2D eigenvalue weighted by molar-refractivity contribution is 7.98. The van der Waals surface area contributed by atoms with Crippen molar-refractivity contribution in [3.8, 4) is 0 Å². The Kier molecular flexibility index (Phi) is 3.95. The molecule has 0 aromatic heterocycles. The lowest BCUT2D eigenvalue weighted by Gasteiger charge is -2.17. The number of rotatable bonds is 4. The molecule has 0 saturated carbocycles. The van der Waals surface area contributed by atoms with Crippen molar-refractivity contribution in [3.63, 3.8) is 0 Å². The number of nitrogens with zero attached hydrogens (tertiary/aromatic N) is 1. The Morgan fingerprint density at radius 3 is 2.44 bits per heavy atom. The summed E-state index contributed by atoms with van der Waals surface area (Å²) in [6.45, 7) is 0. The lowest BCUT2D eigenvalue weighted by atomic mass is 10.1. The van der Waals surface area contributed by atoms with Gasteiger partial charge in [-0.05, 0) is 18.4 Å². The normalized spacial score (nSPS) is 9.94. The van der Waals surface area contributed by atoms with Gasteiger partial charge in [0, 0.05) is 24.7 Å². The third kappa shape index (κ3) is 2.19. The fourth-order valence-corrected chi connectivity index (χ4v) is 2.23. The largest absolute Gasteiger partial charge is 0.478 e. The summed E-state index contributed by atoms with van der Waals surface area (Å²) in [6, 6.07) is 3.17. The van der Waals surface area contributed by atoms with Crippen LogP contribution in [0.4, 0.5) is 5.69 Å². The molecule has 4 nitrogen and oxygen atoms in total. The van der Waals surface area contributed by atoms with Gasteiger partial charge >= 0.3 is 5.97 Å². The van der Waals surface area contributed by atoms with Crippen molar-refractivity contribution < 1.29 is 14.7 Å². The molecule has 0 fully saturated rings. The smallest absolute Gasteiger partial charge is 0.336 e. The van der Waals surface area contributed by atoms with E-state index in [1.54, 1.807) is 17.2 Å². The zero-order chi connectivity index (χ0) is 12.3. The number of carboxylic acid groups (broad SMARTS) is 1. The first-order valence-corrected chi connectivity index (χ1v) is 5.82. The van der Waals surface area contributed by atoms with Crippen LogP contribution >= 0.6 is 11.8 Å². The third-order valence-electron chi connectivity index (χ3n) is 2.21. The Labute approximate surface area is 98.3 Å². The van der Waals surface area contributed by atoms with Crippen LogP contribution in [0.1, 0.15) is 20.7 Å². The molecule has 0 bridgehead atoms. The summed E-state index contributed by atoms with van der Waals surface area (Å²) >= 11 is 1.27. The molecule has 1 rings (SSSR count). The van der Waals surface area contributed by atoms with Crippen LogP contribution in [-0.2, 0) is 0 Å². The van der Waals surface area contributed by atoms with Gasteiger partial charge in [0.15, 0.2) is 6.29 Å². The summed E-state index contributed by atoms with van der Waals surface area (Å²) in [5.41, 5.74) is 1.32. The van der Waals surface area contributed by atoms with Crippen LogP contribution in [-0.4, -0.2) is 37.7 Å². The number of aromatic carboxylic acids is 1. The number of hydrogen-bond acceptors (Lipinski definition) is 4. The van der Waals surface area contributed by atoms with Crippen molar-refractivity contribution in [1.82, 2.24) is 0 Å². The second-order valence-electron chi connectivity index (χ2n) is 3.40. The molecule has 0 unspecified atom stereocenters. The van der Waals surface area contributed by atoms with Crippen molar-refractivity contribution in [2.24, 2.45) is 0 Å². The van der Waals surface area contributed by atoms with Gasteiger partial charge in [0.2, 0.25) is 0 Å². The van der Waals surface area contributed by atoms with E-state index in [0.717, 1.165) is 5.69 Å². The molecule has 0 spiro atoms. The van der Waals surface area contributed by atoms with Crippen LogP contribution in [0.25, 0.3) is 0 Å². The molecule has 16 heavy (non-hydrogen) atoms. The van der Waals surface area contributed by atoms with Crippen LogP contribution in [0.3, 0.4) is 0 Å². The van der Waals surface area contributed by atoms with Gasteiger partial charge < -0.3 is 10.0 Å². The Morgan fingerprint density at radius 1 is 1.44 bits per heavy atom. The lowest BCUT2D eigenvalue weighted by Crippen LogP contribution is -2.13. The molecule has 86 valence electrons. The number of thioether (sulfide) groups is 1. The van der Waals surface area contributed by atoms with E-state index in [2.05, 4.69) is 0 Å². The minimum absolute atomic E-state index is 0.167. The summed E-state index contributed by atoms with van der Waals surface area (Å²) < 4.78 is 0. The summed E-state index contributed by atoms with van der Waals surface area (Å²) in [4.78, 5) is 24.3. The van der Waals surface area contributed by atoms with Gasteiger partial charge in [-0.25, -0.2) is 4.79 Å². The number of carboxylic acids is 1. The average Bonchev–Trinajstić information content (AvgIpc) is 2.26. The SMILES string of the molecule is CSc1c(C(=O)O)ccc(N(C)C)c1C=O. The lowest BCUT2D eigenvalue weighted by molar-refractivity contribution is 0.0693. The van der Waals surface area contributed by atoms with Gasteiger partial charge in [0.05, 0.1) is 11.1 Å². The summed E-state index contributed by atoms with van der Waals surface area (Å²) in [6.07, 6.45) is 2.46. The molecule has 0 aliphatic rings. The van der Waals surface area contributed by atoms with E-state index in [0.29, 0.717) is 16.7 Å². The van der Waals surface area contributed by atoms with Crippen LogP contribution in [0, 0.1) is 0 Å². The maximum atomic E-state index is 11.1. The van der Waals surface area contributed by atoms with Gasteiger partial charge in [-0.3, -0.25) is 4.79 Å². The molecule has 0 aliphatic heterocycles. The monoisotopic (exact) mass is 239 g/mol. The molecule has 0 heterocycles. The second-order valence-corrected chi connectivity index (χ2v) is 4.21. The summed E-state index contributed by atoms with van der Waals surface area (Å²) in [5, 5.41) is 9.00. The number of aldehydes is 1. The number of carbonyl (C=O) groups is 2. The standard InChI is InChI=1S/C11H13NO3S/c1-12(2)9-5-4-7(11(14)15)10(16-3)8(9)6-13/h4-6H,1-3H3,(H,14,15). The second kappa shape index (κ2) is 5.03. The molecule has 0 amide bonds. The predicted octanol–water partition coefficient (Wildman–Crippen LogP) is 1.99. The zero-order valence-electron chi connectivity index (χ0n) is 9.35. The van der Waals surface area contributed by atoms with E-state index in [1.165, 1.54) is 17.8 Å². The van der Waals surface area contributed by atoms with Crippen molar-refractivity contribution in [2.45, 2.75) is 4.90 Å². The molecule has 1 aromatic carbocycles. The Hall–Kier alpha value is -1.49. The molecule has 0 atom stereocenters. The number of anilines is 1. The van der Waals surface area contributed by atoms with Gasteiger partial charge in [-0.2, -0.15) is 0 Å². The summed E-state index contributed by atoms with van der Waals surface area (Å²) in [7, 11) is 3.62. The van der Waals surface area contributed by atoms with E-state index in [4.69, 9.17) is 5.11 Å². The van der Waals surface area contributed by atoms with E-state index >= 15 is 0 Å². The van der Waals surface area contributed by atoms with Crippen LogP contribution < -0.4 is 4.90 Å². The highest BCUT2D eigenvalue weighted by Crippen LogP contribution is 2.30. The first-order valence-electron chi connectivity index (χ1n) is 4.59. The molecule has 0 saturated heterocycles. The topological polar surface area (TPSA) is 57.6 Å².